The summed E-state index contributed by atoms with van der Waals surface area (Å²) >= 11 is 0. The van der Waals surface area contributed by atoms with Gasteiger partial charge in [-0.15, -0.1) is 0 Å². The van der Waals surface area contributed by atoms with Crippen molar-refractivity contribution in [2.24, 2.45) is 5.92 Å². The predicted octanol–water partition coefficient (Wildman–Crippen LogP) is -0.226. The zero-order valence-electron chi connectivity index (χ0n) is 7.23. The van der Waals surface area contributed by atoms with Gasteiger partial charge in [0.1, 0.15) is 0 Å². The molecule has 0 aromatic carbocycles. The van der Waals surface area contributed by atoms with Crippen molar-refractivity contribution in [3.63, 3.8) is 0 Å². The van der Waals surface area contributed by atoms with Crippen LogP contribution in [0.2, 0.25) is 0 Å². The summed E-state index contributed by atoms with van der Waals surface area (Å²) in [4.78, 5) is 12.4. The molecule has 0 saturated carbocycles. The molecule has 1 saturated heterocycles. The Morgan fingerprint density at radius 1 is 1.67 bits per heavy atom. The lowest BCUT2D eigenvalue weighted by molar-refractivity contribution is -0.147. The van der Waals surface area contributed by atoms with Crippen LogP contribution in [-0.2, 0) is 4.79 Å². The summed E-state index contributed by atoms with van der Waals surface area (Å²) in [5.74, 6) is -0.393. The van der Waals surface area contributed by atoms with Crippen LogP contribution in [0.4, 0.5) is 0 Å². The third-order valence-corrected chi connectivity index (χ3v) is 2.14. The topological polar surface area (TPSA) is 60.8 Å². The zero-order valence-corrected chi connectivity index (χ0v) is 7.23. The minimum atomic E-state index is -1.19. The molecule has 70 valence electrons. The number of carbonyl (C=O) groups is 1. The summed E-state index contributed by atoms with van der Waals surface area (Å²) in [5, 5.41) is 17.3. The molecule has 12 heavy (non-hydrogen) atoms. The first kappa shape index (κ1) is 9.48. The Labute approximate surface area is 71.8 Å². The number of aliphatic hydroxyl groups excluding tert-OH is 1. The van der Waals surface area contributed by atoms with Crippen LogP contribution in [0.1, 0.15) is 13.3 Å². The van der Waals surface area contributed by atoms with Gasteiger partial charge in [-0.05, 0) is 12.3 Å². The van der Waals surface area contributed by atoms with Crippen LogP contribution in [0.3, 0.4) is 0 Å². The zero-order chi connectivity index (χ0) is 9.14. The van der Waals surface area contributed by atoms with Crippen molar-refractivity contribution in [3.05, 3.63) is 0 Å². The van der Waals surface area contributed by atoms with Crippen LogP contribution < -0.4 is 0 Å². The summed E-state index contributed by atoms with van der Waals surface area (Å²) < 4.78 is 0. The highest BCUT2D eigenvalue weighted by atomic mass is 16.4. The Balaban J connectivity index is 2.06. The van der Waals surface area contributed by atoms with Gasteiger partial charge in [-0.25, -0.2) is 4.79 Å². The molecule has 1 fully saturated rings. The molecular formula is C8H15NO3. The molecule has 0 radical (unpaired) electrons. The lowest BCUT2D eigenvalue weighted by Crippen LogP contribution is -2.46. The van der Waals surface area contributed by atoms with Crippen LogP contribution in [0.5, 0.6) is 0 Å². The number of aliphatic carboxylic acids is 1. The van der Waals surface area contributed by atoms with E-state index in [1.807, 2.05) is 0 Å². The molecule has 0 bridgehead atoms. The summed E-state index contributed by atoms with van der Waals surface area (Å²) in [6.45, 7) is 4.92. The molecule has 0 amide bonds. The van der Waals surface area contributed by atoms with Crippen molar-refractivity contribution in [1.29, 1.82) is 0 Å². The Morgan fingerprint density at radius 2 is 2.25 bits per heavy atom. The molecule has 0 aliphatic carbocycles. The van der Waals surface area contributed by atoms with Gasteiger partial charge in [-0.1, -0.05) is 6.92 Å². The third-order valence-electron chi connectivity index (χ3n) is 2.14. The van der Waals surface area contributed by atoms with E-state index in [-0.39, 0.29) is 0 Å². The SMILES string of the molecule is CC1CN(CCC(O)C(=O)O)C1. The molecule has 2 N–H and O–H groups in total. The molecule has 1 unspecified atom stereocenters. The van der Waals surface area contributed by atoms with Crippen LogP contribution in [0, 0.1) is 5.92 Å². The Bertz CT molecular complexity index is 166. The molecule has 4 heteroatoms. The van der Waals surface area contributed by atoms with Crippen LogP contribution in [-0.4, -0.2) is 46.8 Å². The Morgan fingerprint density at radius 3 is 2.67 bits per heavy atom. The second-order valence-electron chi connectivity index (χ2n) is 3.51. The molecular weight excluding hydrogens is 158 g/mol. The molecule has 1 aliphatic rings. The Kier molecular flexibility index (Phi) is 3.05. The summed E-state index contributed by atoms with van der Waals surface area (Å²) in [6, 6.07) is 0. The third kappa shape index (κ3) is 2.46. The Hall–Kier alpha value is -0.610. The highest BCUT2D eigenvalue weighted by molar-refractivity contribution is 5.71. The monoisotopic (exact) mass is 173 g/mol. The standard InChI is InChI=1S/C8H15NO3/c1-6-4-9(5-6)3-2-7(10)8(11)12/h6-7,10H,2-5H2,1H3,(H,11,12). The van der Waals surface area contributed by atoms with Gasteiger partial charge in [0, 0.05) is 19.6 Å². The summed E-state index contributed by atoms with van der Waals surface area (Å²) in [6.07, 6.45) is -0.858. The summed E-state index contributed by atoms with van der Waals surface area (Å²) in [5.41, 5.74) is 0. The van der Waals surface area contributed by atoms with Gasteiger partial charge in [-0.3, -0.25) is 0 Å². The van der Waals surface area contributed by atoms with E-state index in [9.17, 15) is 4.79 Å². The van der Waals surface area contributed by atoms with Crippen LogP contribution in [0.15, 0.2) is 0 Å². The van der Waals surface area contributed by atoms with Crippen molar-refractivity contribution in [3.8, 4) is 0 Å². The molecule has 0 spiro atoms. The first-order valence-corrected chi connectivity index (χ1v) is 4.23. The van der Waals surface area contributed by atoms with E-state index in [4.69, 9.17) is 10.2 Å². The fraction of sp³-hybridized carbons (Fsp3) is 0.875. The lowest BCUT2D eigenvalue weighted by atomic mass is 10.0. The maximum atomic E-state index is 10.2. The number of carboxylic acids is 1. The minimum absolute atomic E-state index is 0.335. The molecule has 0 aromatic rings. The molecule has 1 aliphatic heterocycles. The first-order valence-electron chi connectivity index (χ1n) is 4.23. The van der Waals surface area contributed by atoms with E-state index in [2.05, 4.69) is 11.8 Å². The average molecular weight is 173 g/mol. The van der Waals surface area contributed by atoms with Gasteiger partial charge in [-0.2, -0.15) is 0 Å². The van der Waals surface area contributed by atoms with Gasteiger partial charge in [0.15, 0.2) is 6.10 Å². The fourth-order valence-electron chi connectivity index (χ4n) is 1.44. The smallest absolute Gasteiger partial charge is 0.332 e. The first-order chi connectivity index (χ1) is 5.59. The number of aliphatic hydroxyl groups is 1. The van der Waals surface area contributed by atoms with Crippen molar-refractivity contribution in [2.75, 3.05) is 19.6 Å². The van der Waals surface area contributed by atoms with E-state index >= 15 is 0 Å². The van der Waals surface area contributed by atoms with Gasteiger partial charge in [0.25, 0.3) is 0 Å². The number of hydrogen-bond donors (Lipinski definition) is 2. The van der Waals surface area contributed by atoms with E-state index in [1.165, 1.54) is 0 Å². The summed E-state index contributed by atoms with van der Waals surface area (Å²) in [7, 11) is 0. The second-order valence-corrected chi connectivity index (χ2v) is 3.51. The van der Waals surface area contributed by atoms with E-state index < -0.39 is 12.1 Å². The maximum Gasteiger partial charge on any atom is 0.332 e. The quantitative estimate of drug-likeness (QED) is 0.616. The molecule has 0 aromatic heterocycles. The van der Waals surface area contributed by atoms with E-state index in [0.717, 1.165) is 19.0 Å². The minimum Gasteiger partial charge on any atom is -0.479 e. The van der Waals surface area contributed by atoms with Crippen LogP contribution >= 0.6 is 0 Å². The van der Waals surface area contributed by atoms with Gasteiger partial charge >= 0.3 is 5.97 Å². The normalized spacial score (nSPS) is 21.8. The molecule has 1 rings (SSSR count). The van der Waals surface area contributed by atoms with Crippen molar-refractivity contribution < 1.29 is 15.0 Å². The average Bonchev–Trinajstić information content (AvgIpc) is 1.95. The van der Waals surface area contributed by atoms with Gasteiger partial charge < -0.3 is 15.1 Å². The molecule has 1 heterocycles. The van der Waals surface area contributed by atoms with E-state index in [0.29, 0.717) is 13.0 Å². The number of hydrogen-bond acceptors (Lipinski definition) is 3. The number of nitrogens with zero attached hydrogens (tertiary/aromatic N) is 1. The number of carboxylic acid groups (broad SMARTS) is 1. The fourth-order valence-corrected chi connectivity index (χ4v) is 1.44. The lowest BCUT2D eigenvalue weighted by Gasteiger charge is -2.37. The van der Waals surface area contributed by atoms with E-state index in [1.54, 1.807) is 0 Å². The number of likely N-dealkylation sites (tertiary alicyclic amines) is 1. The van der Waals surface area contributed by atoms with Crippen molar-refractivity contribution in [1.82, 2.24) is 4.90 Å². The van der Waals surface area contributed by atoms with Crippen LogP contribution in [0.25, 0.3) is 0 Å². The predicted molar refractivity (Wildman–Crippen MR) is 43.9 cm³/mol. The highest BCUT2D eigenvalue weighted by Crippen LogP contribution is 2.14. The molecule has 4 nitrogen and oxygen atoms in total. The van der Waals surface area contributed by atoms with Crippen molar-refractivity contribution >= 4 is 5.97 Å². The largest absolute Gasteiger partial charge is 0.479 e. The van der Waals surface area contributed by atoms with Gasteiger partial charge in [0.2, 0.25) is 0 Å². The van der Waals surface area contributed by atoms with Gasteiger partial charge in [0.05, 0.1) is 0 Å². The second kappa shape index (κ2) is 3.87. The number of rotatable bonds is 4. The maximum absolute atomic E-state index is 10.2. The molecule has 1 atom stereocenters. The van der Waals surface area contributed by atoms with Crippen molar-refractivity contribution in [2.45, 2.75) is 19.4 Å². The highest BCUT2D eigenvalue weighted by Gasteiger charge is 2.23.